The van der Waals surface area contributed by atoms with Crippen molar-refractivity contribution in [1.82, 2.24) is 9.97 Å². The molecule has 1 aromatic carbocycles. The Morgan fingerprint density at radius 2 is 1.74 bits per heavy atom. The van der Waals surface area contributed by atoms with Crippen molar-refractivity contribution in [2.45, 2.75) is 45.1 Å². The summed E-state index contributed by atoms with van der Waals surface area (Å²) in [4.78, 5) is 11.7. The first kappa shape index (κ1) is 18.0. The predicted octanol–water partition coefficient (Wildman–Crippen LogP) is 4.14. The van der Waals surface area contributed by atoms with E-state index in [-0.39, 0.29) is 5.54 Å². The lowest BCUT2D eigenvalue weighted by Gasteiger charge is -2.29. The van der Waals surface area contributed by atoms with Crippen LogP contribution in [0.4, 0.5) is 23.1 Å². The van der Waals surface area contributed by atoms with E-state index in [2.05, 4.69) is 71.6 Å². The molecule has 2 heterocycles. The lowest BCUT2D eigenvalue weighted by molar-refractivity contribution is 0.122. The van der Waals surface area contributed by atoms with Gasteiger partial charge in [-0.05, 0) is 57.9 Å². The van der Waals surface area contributed by atoms with Gasteiger partial charge in [-0.15, -0.1) is 0 Å². The molecule has 0 spiro atoms. The summed E-state index contributed by atoms with van der Waals surface area (Å²) in [6.45, 7) is 9.87. The van der Waals surface area contributed by atoms with Gasteiger partial charge in [0.05, 0.1) is 18.9 Å². The molecule has 6 nitrogen and oxygen atoms in total. The number of hydrogen-bond donors (Lipinski definition) is 2. The number of benzene rings is 1. The third-order valence-corrected chi connectivity index (χ3v) is 4.74. The second kappa shape index (κ2) is 7.35. The highest BCUT2D eigenvalue weighted by Crippen LogP contribution is 2.40. The van der Waals surface area contributed by atoms with Crippen molar-refractivity contribution < 1.29 is 4.74 Å². The minimum absolute atomic E-state index is 0.0702. The average Bonchev–Trinajstić information content (AvgIpc) is 3.47. The number of aromatic nitrogens is 2. The van der Waals surface area contributed by atoms with E-state index in [1.807, 2.05) is 0 Å². The summed E-state index contributed by atoms with van der Waals surface area (Å²) < 4.78 is 5.43. The van der Waals surface area contributed by atoms with Crippen LogP contribution < -0.4 is 15.5 Å². The summed E-state index contributed by atoms with van der Waals surface area (Å²) in [6, 6.07) is 10.6. The molecule has 1 aliphatic carbocycles. The van der Waals surface area contributed by atoms with Crippen molar-refractivity contribution in [3.63, 3.8) is 0 Å². The Morgan fingerprint density at radius 1 is 1.04 bits per heavy atom. The van der Waals surface area contributed by atoms with Gasteiger partial charge in [0, 0.05) is 42.0 Å². The molecule has 0 unspecified atom stereocenters. The lowest BCUT2D eigenvalue weighted by atomic mass is 10.1. The summed E-state index contributed by atoms with van der Waals surface area (Å²) >= 11 is 0. The van der Waals surface area contributed by atoms with Gasteiger partial charge in [0.1, 0.15) is 5.82 Å². The first-order chi connectivity index (χ1) is 13.0. The Labute approximate surface area is 161 Å². The van der Waals surface area contributed by atoms with Gasteiger partial charge in [0.15, 0.2) is 0 Å². The fourth-order valence-electron chi connectivity index (χ4n) is 3.23. The van der Waals surface area contributed by atoms with Gasteiger partial charge in [0.2, 0.25) is 5.95 Å². The fraction of sp³-hybridized carbons (Fsp3) is 0.524. The molecule has 27 heavy (non-hydrogen) atoms. The van der Waals surface area contributed by atoms with E-state index >= 15 is 0 Å². The standard InChI is InChI=1S/C21H29N5O/c1-21(2,3)25-20-23-18(15-4-5-15)14-19(24-20)22-16-6-8-17(9-7-16)26-10-12-27-13-11-26/h6-9,14-15H,4-5,10-13H2,1-3H3,(H2,22,23,24,25). The van der Waals surface area contributed by atoms with Gasteiger partial charge in [0.25, 0.3) is 0 Å². The molecule has 1 saturated heterocycles. The van der Waals surface area contributed by atoms with Crippen LogP contribution in [0.25, 0.3) is 0 Å². The number of ether oxygens (including phenoxy) is 1. The molecule has 4 rings (SSSR count). The number of nitrogens with one attached hydrogen (secondary N) is 2. The summed E-state index contributed by atoms with van der Waals surface area (Å²) in [5.74, 6) is 2.12. The normalized spacial score (nSPS) is 17.7. The van der Waals surface area contributed by atoms with Crippen LogP contribution in [0.2, 0.25) is 0 Å². The van der Waals surface area contributed by atoms with E-state index < -0.39 is 0 Å². The molecule has 0 radical (unpaired) electrons. The van der Waals surface area contributed by atoms with Crippen molar-refractivity contribution in [1.29, 1.82) is 0 Å². The minimum atomic E-state index is -0.0702. The monoisotopic (exact) mass is 367 g/mol. The number of nitrogens with zero attached hydrogens (tertiary/aromatic N) is 3. The van der Waals surface area contributed by atoms with Crippen LogP contribution in [0.3, 0.4) is 0 Å². The smallest absolute Gasteiger partial charge is 0.225 e. The Hall–Kier alpha value is -2.34. The van der Waals surface area contributed by atoms with Gasteiger partial charge in [-0.1, -0.05) is 0 Å². The van der Waals surface area contributed by atoms with Gasteiger partial charge in [-0.2, -0.15) is 4.98 Å². The third-order valence-electron chi connectivity index (χ3n) is 4.74. The van der Waals surface area contributed by atoms with Gasteiger partial charge in [-0.3, -0.25) is 0 Å². The summed E-state index contributed by atoms with van der Waals surface area (Å²) in [6.07, 6.45) is 2.44. The quantitative estimate of drug-likeness (QED) is 0.828. The number of morpholine rings is 1. The molecule has 1 saturated carbocycles. The summed E-state index contributed by atoms with van der Waals surface area (Å²) in [5, 5.41) is 6.85. The van der Waals surface area contributed by atoms with E-state index in [4.69, 9.17) is 9.72 Å². The topological polar surface area (TPSA) is 62.3 Å². The highest BCUT2D eigenvalue weighted by Gasteiger charge is 2.26. The first-order valence-corrected chi connectivity index (χ1v) is 9.83. The maximum absolute atomic E-state index is 5.43. The SMILES string of the molecule is CC(C)(C)Nc1nc(Nc2ccc(N3CCOCC3)cc2)cc(C2CC2)n1. The minimum Gasteiger partial charge on any atom is -0.378 e. The first-order valence-electron chi connectivity index (χ1n) is 9.83. The molecule has 0 atom stereocenters. The molecule has 2 fully saturated rings. The van der Waals surface area contributed by atoms with Gasteiger partial charge < -0.3 is 20.3 Å². The van der Waals surface area contributed by atoms with Crippen LogP contribution in [0, 0.1) is 0 Å². The van der Waals surface area contributed by atoms with Crippen LogP contribution in [-0.2, 0) is 4.74 Å². The lowest BCUT2D eigenvalue weighted by Crippen LogP contribution is -2.36. The zero-order valence-corrected chi connectivity index (χ0v) is 16.5. The Morgan fingerprint density at radius 3 is 2.37 bits per heavy atom. The molecule has 1 aromatic heterocycles. The van der Waals surface area contributed by atoms with Crippen molar-refractivity contribution in [3.05, 3.63) is 36.0 Å². The van der Waals surface area contributed by atoms with Crippen LogP contribution in [0.5, 0.6) is 0 Å². The number of anilines is 4. The summed E-state index contributed by atoms with van der Waals surface area (Å²) in [5.41, 5.74) is 3.33. The Bertz CT molecular complexity index is 774. The average molecular weight is 367 g/mol. The molecule has 2 aromatic rings. The van der Waals surface area contributed by atoms with Crippen molar-refractivity contribution >= 4 is 23.1 Å². The zero-order chi connectivity index (χ0) is 18.9. The summed E-state index contributed by atoms with van der Waals surface area (Å²) in [7, 11) is 0. The second-order valence-corrected chi connectivity index (χ2v) is 8.42. The van der Waals surface area contributed by atoms with Crippen molar-refractivity contribution in [2.24, 2.45) is 0 Å². The largest absolute Gasteiger partial charge is 0.378 e. The molecule has 2 N–H and O–H groups in total. The van der Waals surface area contributed by atoms with Crippen LogP contribution >= 0.6 is 0 Å². The maximum atomic E-state index is 5.43. The van der Waals surface area contributed by atoms with E-state index in [0.717, 1.165) is 43.5 Å². The predicted molar refractivity (Wildman–Crippen MR) is 110 cm³/mol. The fourth-order valence-corrected chi connectivity index (χ4v) is 3.23. The number of rotatable bonds is 5. The molecule has 6 heteroatoms. The van der Waals surface area contributed by atoms with Gasteiger partial charge >= 0.3 is 0 Å². The van der Waals surface area contributed by atoms with Crippen LogP contribution in [0.15, 0.2) is 30.3 Å². The van der Waals surface area contributed by atoms with Crippen molar-refractivity contribution in [3.8, 4) is 0 Å². The highest BCUT2D eigenvalue weighted by atomic mass is 16.5. The molecular weight excluding hydrogens is 338 g/mol. The molecule has 0 bridgehead atoms. The zero-order valence-electron chi connectivity index (χ0n) is 16.5. The molecule has 0 amide bonds. The van der Waals surface area contributed by atoms with Crippen LogP contribution in [0.1, 0.15) is 45.2 Å². The maximum Gasteiger partial charge on any atom is 0.225 e. The third kappa shape index (κ3) is 4.89. The Balaban J connectivity index is 1.51. The Kier molecular flexibility index (Phi) is 4.91. The molecular formula is C21H29N5O. The van der Waals surface area contributed by atoms with E-state index in [9.17, 15) is 0 Å². The van der Waals surface area contributed by atoms with Crippen molar-refractivity contribution in [2.75, 3.05) is 41.8 Å². The van der Waals surface area contributed by atoms with Crippen LogP contribution in [-0.4, -0.2) is 41.8 Å². The molecule has 1 aliphatic heterocycles. The number of hydrogen-bond acceptors (Lipinski definition) is 6. The second-order valence-electron chi connectivity index (χ2n) is 8.42. The van der Waals surface area contributed by atoms with E-state index in [1.165, 1.54) is 18.5 Å². The van der Waals surface area contributed by atoms with Gasteiger partial charge in [-0.25, -0.2) is 4.98 Å². The molecule has 2 aliphatic rings. The van der Waals surface area contributed by atoms with E-state index in [1.54, 1.807) is 0 Å². The van der Waals surface area contributed by atoms with E-state index in [0.29, 0.717) is 11.9 Å². The highest BCUT2D eigenvalue weighted by molar-refractivity contribution is 5.62. The molecule has 144 valence electrons.